The predicted molar refractivity (Wildman–Crippen MR) is 82.5 cm³/mol. The first kappa shape index (κ1) is 14.9. The fourth-order valence-corrected chi connectivity index (χ4v) is 3.28. The van der Waals surface area contributed by atoms with Gasteiger partial charge in [-0.3, -0.25) is 4.79 Å². The third kappa shape index (κ3) is 2.93. The van der Waals surface area contributed by atoms with Gasteiger partial charge in [-0.05, 0) is 12.0 Å². The molecule has 0 aliphatic carbocycles. The van der Waals surface area contributed by atoms with Crippen LogP contribution < -0.4 is 0 Å². The van der Waals surface area contributed by atoms with Gasteiger partial charge in [-0.25, -0.2) is 4.79 Å². The molecule has 1 aromatic carbocycles. The number of cyclic esters (lactones) is 1. The highest BCUT2D eigenvalue weighted by atomic mass is 16.6. The van der Waals surface area contributed by atoms with Crippen LogP contribution in [0.2, 0.25) is 0 Å². The fraction of sp³-hybridized carbons (Fsp3) is 0.529. The number of amides is 2. The largest absolute Gasteiger partial charge is 0.448 e. The van der Waals surface area contributed by atoms with E-state index in [2.05, 4.69) is 19.1 Å². The Bertz CT molecular complexity index is 560. The number of hydrogen-bond donors (Lipinski definition) is 0. The summed E-state index contributed by atoms with van der Waals surface area (Å²) in [4.78, 5) is 27.2. The van der Waals surface area contributed by atoms with Gasteiger partial charge >= 0.3 is 6.09 Å². The van der Waals surface area contributed by atoms with Gasteiger partial charge < -0.3 is 14.5 Å². The van der Waals surface area contributed by atoms with Crippen LogP contribution in [0.15, 0.2) is 30.3 Å². The monoisotopic (exact) mass is 302 g/mol. The number of piperidine rings is 1. The van der Waals surface area contributed by atoms with Gasteiger partial charge in [-0.1, -0.05) is 37.3 Å². The third-order valence-corrected chi connectivity index (χ3v) is 4.74. The minimum absolute atomic E-state index is 0.0132. The Morgan fingerprint density at radius 3 is 2.55 bits per heavy atom. The normalized spacial score (nSPS) is 25.5. The second-order valence-electron chi connectivity index (χ2n) is 6.34. The molecule has 2 amide bonds. The molecular formula is C17H22N2O3. The number of hydrogen-bond acceptors (Lipinski definition) is 3. The highest BCUT2D eigenvalue weighted by Gasteiger charge is 2.36. The molecule has 22 heavy (non-hydrogen) atoms. The average molecular weight is 302 g/mol. The molecule has 2 fully saturated rings. The Morgan fingerprint density at radius 1 is 1.14 bits per heavy atom. The second kappa shape index (κ2) is 5.99. The summed E-state index contributed by atoms with van der Waals surface area (Å²) < 4.78 is 4.93. The van der Waals surface area contributed by atoms with E-state index in [-0.39, 0.29) is 17.4 Å². The van der Waals surface area contributed by atoms with Crippen LogP contribution in [0.25, 0.3) is 0 Å². The highest BCUT2D eigenvalue weighted by Crippen LogP contribution is 2.33. The Labute approximate surface area is 130 Å². The summed E-state index contributed by atoms with van der Waals surface area (Å²) >= 11 is 0. The molecule has 0 bridgehead atoms. The summed E-state index contributed by atoms with van der Waals surface area (Å²) in [5.41, 5.74) is 1.26. The number of carbonyl (C=O) groups is 2. The lowest BCUT2D eigenvalue weighted by Crippen LogP contribution is -2.49. The van der Waals surface area contributed by atoms with Gasteiger partial charge in [0.05, 0.1) is 6.54 Å². The van der Waals surface area contributed by atoms with Crippen LogP contribution in [0.5, 0.6) is 0 Å². The number of benzene rings is 1. The number of rotatable bonds is 4. The summed E-state index contributed by atoms with van der Waals surface area (Å²) in [6, 6.07) is 10.4. The fourth-order valence-electron chi connectivity index (χ4n) is 3.28. The molecule has 1 aromatic rings. The first-order chi connectivity index (χ1) is 10.6. The van der Waals surface area contributed by atoms with Crippen molar-refractivity contribution in [3.05, 3.63) is 35.9 Å². The smallest absolute Gasteiger partial charge is 0.409 e. The van der Waals surface area contributed by atoms with E-state index in [1.165, 1.54) is 5.56 Å². The van der Waals surface area contributed by atoms with Crippen LogP contribution in [0.3, 0.4) is 0 Å². The Kier molecular flexibility index (Phi) is 4.05. The van der Waals surface area contributed by atoms with Gasteiger partial charge in [-0.15, -0.1) is 0 Å². The van der Waals surface area contributed by atoms with E-state index >= 15 is 0 Å². The molecule has 118 valence electrons. The first-order valence-corrected chi connectivity index (χ1v) is 7.83. The second-order valence-corrected chi connectivity index (χ2v) is 6.34. The molecule has 0 radical (unpaired) electrons. The van der Waals surface area contributed by atoms with Crippen molar-refractivity contribution in [2.45, 2.75) is 25.2 Å². The first-order valence-electron chi connectivity index (χ1n) is 7.83. The van der Waals surface area contributed by atoms with Gasteiger partial charge in [0.2, 0.25) is 5.91 Å². The van der Waals surface area contributed by atoms with Crippen molar-refractivity contribution in [3.63, 3.8) is 0 Å². The average Bonchev–Trinajstić information content (AvgIpc) is 2.94. The predicted octanol–water partition coefficient (Wildman–Crippen LogP) is 2.02. The highest BCUT2D eigenvalue weighted by molar-refractivity contribution is 5.77. The zero-order valence-corrected chi connectivity index (χ0v) is 13.0. The molecule has 2 saturated heterocycles. The molecule has 0 spiro atoms. The zero-order valence-electron chi connectivity index (χ0n) is 13.0. The van der Waals surface area contributed by atoms with Gasteiger partial charge in [0, 0.05) is 31.5 Å². The molecule has 1 atom stereocenters. The van der Waals surface area contributed by atoms with Crippen molar-refractivity contribution in [2.75, 3.05) is 32.8 Å². The molecule has 2 aliphatic rings. The minimum Gasteiger partial charge on any atom is -0.448 e. The summed E-state index contributed by atoms with van der Waals surface area (Å²) in [5, 5.41) is 0. The van der Waals surface area contributed by atoms with Gasteiger partial charge in [-0.2, -0.15) is 0 Å². The Hall–Kier alpha value is -2.04. The third-order valence-electron chi connectivity index (χ3n) is 4.74. The van der Waals surface area contributed by atoms with Crippen LogP contribution in [0, 0.1) is 0 Å². The van der Waals surface area contributed by atoms with Crippen molar-refractivity contribution in [1.29, 1.82) is 0 Å². The van der Waals surface area contributed by atoms with Crippen molar-refractivity contribution in [3.8, 4) is 0 Å². The summed E-state index contributed by atoms with van der Waals surface area (Å²) in [6.45, 7) is 5.13. The van der Waals surface area contributed by atoms with Crippen LogP contribution in [0.4, 0.5) is 4.79 Å². The molecule has 3 rings (SSSR count). The SMILES string of the molecule is CC1(c2ccccc2)CCC(=O)N(CCN2CCOC2=O)C1. The number of nitrogens with zero attached hydrogens (tertiary/aromatic N) is 2. The zero-order chi connectivity index (χ0) is 15.6. The minimum atomic E-state index is -0.268. The molecular weight excluding hydrogens is 280 g/mol. The topological polar surface area (TPSA) is 49.9 Å². The molecule has 5 heteroatoms. The number of likely N-dealkylation sites (tertiary alicyclic amines) is 1. The molecule has 0 N–H and O–H groups in total. The summed E-state index contributed by atoms with van der Waals surface area (Å²) in [6.07, 6.45) is 1.17. The lowest BCUT2D eigenvalue weighted by atomic mass is 9.76. The lowest BCUT2D eigenvalue weighted by Gasteiger charge is -2.41. The Morgan fingerprint density at radius 2 is 1.86 bits per heavy atom. The van der Waals surface area contributed by atoms with E-state index in [1.54, 1.807) is 4.90 Å². The molecule has 1 unspecified atom stereocenters. The van der Waals surface area contributed by atoms with Crippen molar-refractivity contribution >= 4 is 12.0 Å². The maximum atomic E-state index is 12.2. The Balaban J connectivity index is 1.66. The van der Waals surface area contributed by atoms with Crippen molar-refractivity contribution in [1.82, 2.24) is 9.80 Å². The summed E-state index contributed by atoms with van der Waals surface area (Å²) in [7, 11) is 0. The standard InChI is InChI=1S/C17H22N2O3/c1-17(14-5-3-2-4-6-14)8-7-15(20)19(13-17)10-9-18-11-12-22-16(18)21/h2-6H,7-13H2,1H3. The van der Waals surface area contributed by atoms with E-state index in [4.69, 9.17) is 4.74 Å². The quantitative estimate of drug-likeness (QED) is 0.855. The van der Waals surface area contributed by atoms with Crippen LogP contribution in [-0.4, -0.2) is 54.6 Å². The molecule has 0 aromatic heterocycles. The lowest BCUT2D eigenvalue weighted by molar-refractivity contribution is -0.135. The van der Waals surface area contributed by atoms with Crippen molar-refractivity contribution in [2.24, 2.45) is 0 Å². The van der Waals surface area contributed by atoms with Crippen molar-refractivity contribution < 1.29 is 14.3 Å². The van der Waals surface area contributed by atoms with E-state index in [9.17, 15) is 9.59 Å². The van der Waals surface area contributed by atoms with Gasteiger partial charge in [0.25, 0.3) is 0 Å². The van der Waals surface area contributed by atoms with Crippen LogP contribution in [-0.2, 0) is 14.9 Å². The molecule has 0 saturated carbocycles. The summed E-state index contributed by atoms with van der Waals surface area (Å²) in [5.74, 6) is 0.181. The van der Waals surface area contributed by atoms with E-state index in [1.807, 2.05) is 23.1 Å². The van der Waals surface area contributed by atoms with Crippen LogP contribution in [0.1, 0.15) is 25.3 Å². The number of carbonyl (C=O) groups excluding carboxylic acids is 2. The van der Waals surface area contributed by atoms with E-state index in [0.29, 0.717) is 39.2 Å². The molecule has 5 nitrogen and oxygen atoms in total. The van der Waals surface area contributed by atoms with E-state index < -0.39 is 0 Å². The number of ether oxygens (including phenoxy) is 1. The van der Waals surface area contributed by atoms with Crippen LogP contribution >= 0.6 is 0 Å². The molecule has 2 aliphatic heterocycles. The van der Waals surface area contributed by atoms with E-state index in [0.717, 1.165) is 6.42 Å². The van der Waals surface area contributed by atoms with Gasteiger partial charge in [0.1, 0.15) is 6.61 Å². The maximum Gasteiger partial charge on any atom is 0.409 e. The van der Waals surface area contributed by atoms with Gasteiger partial charge in [0.15, 0.2) is 0 Å². The maximum absolute atomic E-state index is 12.2. The molecule has 2 heterocycles.